The van der Waals surface area contributed by atoms with Crippen LogP contribution in [0.2, 0.25) is 0 Å². The first-order valence-electron chi connectivity index (χ1n) is 19.8. The Labute approximate surface area is 325 Å². The highest BCUT2D eigenvalue weighted by atomic mass is 16.5. The fourth-order valence-corrected chi connectivity index (χ4v) is 9.49. The molecule has 0 radical (unpaired) electrons. The number of pyridine rings is 1. The molecule has 0 unspecified atom stereocenters. The van der Waals surface area contributed by atoms with Crippen molar-refractivity contribution in [2.24, 2.45) is 7.05 Å². The van der Waals surface area contributed by atoms with Gasteiger partial charge in [0.1, 0.15) is 11.5 Å². The average Bonchev–Trinajstić information content (AvgIpc) is 3.79. The number of amides is 2. The van der Waals surface area contributed by atoms with Crippen molar-refractivity contribution in [2.45, 2.75) is 76.1 Å². The van der Waals surface area contributed by atoms with Crippen LogP contribution in [0.3, 0.4) is 0 Å². The van der Waals surface area contributed by atoms with Crippen LogP contribution < -0.4 is 26.0 Å². The number of carbonyl (C=O) groups excluding carboxylic acids is 2. The molecule has 14 nitrogen and oxygen atoms in total. The first kappa shape index (κ1) is 36.3. The Bertz CT molecular complexity index is 2290. The molecule has 5 aliphatic rings. The molecule has 1 saturated carbocycles. The van der Waals surface area contributed by atoms with Crippen LogP contribution in [0.4, 0.5) is 28.7 Å². The Hall–Kier alpha value is -5.31. The molecule has 56 heavy (non-hydrogen) atoms. The summed E-state index contributed by atoms with van der Waals surface area (Å²) in [5.41, 5.74) is 6.70. The number of aryl methyl sites for hydroxylation is 1. The Morgan fingerprint density at radius 3 is 2.66 bits per heavy atom. The van der Waals surface area contributed by atoms with Gasteiger partial charge in [-0.15, -0.1) is 0 Å². The number of ether oxygens (including phenoxy) is 1. The predicted molar refractivity (Wildman–Crippen MR) is 215 cm³/mol. The lowest BCUT2D eigenvalue weighted by Gasteiger charge is -2.45. The van der Waals surface area contributed by atoms with Crippen LogP contribution in [-0.4, -0.2) is 92.4 Å². The molecule has 9 rings (SSSR count). The van der Waals surface area contributed by atoms with Crippen LogP contribution in [0, 0.1) is 0 Å². The number of nitrogens with one attached hydrogen (secondary N) is 2. The second-order valence-corrected chi connectivity index (χ2v) is 15.9. The number of anilines is 5. The number of aliphatic hydroxyl groups excluding tert-OH is 1. The number of nitrogens with zero attached hydrogens (tertiary/aromatic N) is 7. The van der Waals surface area contributed by atoms with Gasteiger partial charge in [0.15, 0.2) is 5.82 Å². The zero-order valence-electron chi connectivity index (χ0n) is 32.1. The fraction of sp³-hybridized carbons (Fsp3) is 0.452. The zero-order valence-corrected chi connectivity index (χ0v) is 32.1. The van der Waals surface area contributed by atoms with Crippen molar-refractivity contribution in [2.75, 3.05) is 59.8 Å². The molecule has 2 amide bonds. The summed E-state index contributed by atoms with van der Waals surface area (Å²) in [6, 6.07) is 10.2. The molecule has 6 heterocycles. The van der Waals surface area contributed by atoms with E-state index in [0.29, 0.717) is 58.8 Å². The maximum atomic E-state index is 14.0. The predicted octanol–water partition coefficient (Wildman–Crippen LogP) is 4.33. The van der Waals surface area contributed by atoms with E-state index in [1.807, 2.05) is 18.2 Å². The van der Waals surface area contributed by atoms with Gasteiger partial charge in [0.25, 0.3) is 11.5 Å². The summed E-state index contributed by atoms with van der Waals surface area (Å²) in [6.45, 7) is 10.8. The van der Waals surface area contributed by atoms with Gasteiger partial charge in [0, 0.05) is 100.0 Å². The van der Waals surface area contributed by atoms with Crippen molar-refractivity contribution in [3.8, 4) is 11.3 Å². The van der Waals surface area contributed by atoms with E-state index in [2.05, 4.69) is 49.6 Å². The van der Waals surface area contributed by atoms with Crippen LogP contribution in [-0.2, 0) is 41.6 Å². The van der Waals surface area contributed by atoms with Gasteiger partial charge in [-0.1, -0.05) is 6.58 Å². The minimum atomic E-state index is -0.383. The van der Waals surface area contributed by atoms with Crippen molar-refractivity contribution in [3.05, 3.63) is 88.2 Å². The van der Waals surface area contributed by atoms with Gasteiger partial charge in [0.05, 0.1) is 23.7 Å². The summed E-state index contributed by atoms with van der Waals surface area (Å²) in [4.78, 5) is 56.1. The molecule has 3 N–H and O–H groups in total. The van der Waals surface area contributed by atoms with Crippen LogP contribution >= 0.6 is 0 Å². The van der Waals surface area contributed by atoms with Gasteiger partial charge in [-0.3, -0.25) is 24.2 Å². The lowest BCUT2D eigenvalue weighted by molar-refractivity contribution is -0.111. The standard InChI is InChI=1S/C42H49N9O5/c1-4-37(53)45-32-21-27(5-6-35(32)49-16-15-48(23-26(49)2)28-9-19-56-20-10-28)44-38-41(55)47(3)24-33(46-38)29-8-14-43-39(30(29)25-52)51-18-17-50-34-7-11-42(12-13-42)31(34)22-36(50)40(51)54/h4-6,8,14,21-22,24,26,28,52H,1,7,9-13,15-20,23,25H2,2-3H3,(H,44,46)(H,45,53)/t26-/m0/s1. The van der Waals surface area contributed by atoms with E-state index in [1.54, 1.807) is 30.4 Å². The smallest absolute Gasteiger partial charge is 0.293 e. The molecule has 14 heteroatoms. The SMILES string of the molecule is C=CC(=O)Nc1cc(Nc2nc(-c3ccnc(N4CCn5c(cc6c5CCC65CC5)C4=O)c3CO)cn(C)c2=O)ccc1N1CCN(C2CCOCC2)C[C@@H]1C. The largest absolute Gasteiger partial charge is 0.392 e. The van der Waals surface area contributed by atoms with Gasteiger partial charge >= 0.3 is 0 Å². The van der Waals surface area contributed by atoms with Crippen LogP contribution in [0.15, 0.2) is 60.2 Å². The maximum absolute atomic E-state index is 14.0. The number of aromatic nitrogens is 4. The average molecular weight is 760 g/mol. The molecule has 4 aromatic rings. The first-order chi connectivity index (χ1) is 27.2. The van der Waals surface area contributed by atoms with E-state index in [4.69, 9.17) is 9.72 Å². The zero-order chi connectivity index (χ0) is 38.7. The number of carbonyl (C=O) groups is 2. The van der Waals surface area contributed by atoms with Crippen molar-refractivity contribution >= 4 is 40.5 Å². The molecule has 2 saturated heterocycles. The molecule has 3 fully saturated rings. The number of rotatable bonds is 9. The Balaban J connectivity index is 0.995. The van der Waals surface area contributed by atoms with Gasteiger partial charge in [0.2, 0.25) is 5.91 Å². The van der Waals surface area contributed by atoms with Crippen molar-refractivity contribution in [1.82, 2.24) is 24.0 Å². The molecule has 3 aliphatic heterocycles. The molecule has 1 atom stereocenters. The summed E-state index contributed by atoms with van der Waals surface area (Å²) in [7, 11) is 1.65. The highest BCUT2D eigenvalue weighted by molar-refractivity contribution is 6.06. The number of benzene rings is 1. The molecule has 0 bridgehead atoms. The number of piperazine rings is 1. The Morgan fingerprint density at radius 1 is 1.09 bits per heavy atom. The van der Waals surface area contributed by atoms with Crippen LogP contribution in [0.25, 0.3) is 11.3 Å². The molecule has 3 aromatic heterocycles. The second-order valence-electron chi connectivity index (χ2n) is 15.9. The van der Waals surface area contributed by atoms with Crippen molar-refractivity contribution < 1.29 is 19.4 Å². The third kappa shape index (κ3) is 6.29. The van der Waals surface area contributed by atoms with Gasteiger partial charge in [-0.05, 0) is 92.8 Å². The van der Waals surface area contributed by atoms with Gasteiger partial charge in [-0.25, -0.2) is 9.97 Å². The lowest BCUT2D eigenvalue weighted by Crippen LogP contribution is -2.56. The van der Waals surface area contributed by atoms with Crippen molar-refractivity contribution in [3.63, 3.8) is 0 Å². The van der Waals surface area contributed by atoms with Crippen LogP contribution in [0.1, 0.15) is 66.3 Å². The molecule has 1 aromatic carbocycles. The molecule has 2 aliphatic carbocycles. The molecular formula is C42H49N9O5. The second kappa shape index (κ2) is 14.3. The van der Waals surface area contributed by atoms with Crippen molar-refractivity contribution in [1.29, 1.82) is 0 Å². The van der Waals surface area contributed by atoms with E-state index >= 15 is 0 Å². The molecule has 1 spiro atoms. The summed E-state index contributed by atoms with van der Waals surface area (Å²) >= 11 is 0. The Morgan fingerprint density at radius 2 is 1.91 bits per heavy atom. The third-order valence-corrected chi connectivity index (χ3v) is 12.7. The quantitative estimate of drug-likeness (QED) is 0.211. The number of hydrogen-bond donors (Lipinski definition) is 3. The topological polar surface area (TPSA) is 150 Å². The van der Waals surface area contributed by atoms with E-state index in [-0.39, 0.29) is 41.3 Å². The third-order valence-electron chi connectivity index (χ3n) is 12.7. The summed E-state index contributed by atoms with van der Waals surface area (Å²) in [6.07, 6.45) is 11.1. The highest BCUT2D eigenvalue weighted by Gasteiger charge is 2.51. The summed E-state index contributed by atoms with van der Waals surface area (Å²) in [5.74, 6) is -0.0194. The summed E-state index contributed by atoms with van der Waals surface area (Å²) < 4.78 is 9.22. The fourth-order valence-electron chi connectivity index (χ4n) is 9.49. The number of hydrogen-bond acceptors (Lipinski definition) is 10. The number of fused-ring (bicyclic) bond motifs is 4. The maximum Gasteiger partial charge on any atom is 0.293 e. The lowest BCUT2D eigenvalue weighted by atomic mass is 10.0. The minimum absolute atomic E-state index is 0.0647. The number of aliphatic hydroxyl groups is 1. The highest BCUT2D eigenvalue weighted by Crippen LogP contribution is 2.57. The van der Waals surface area contributed by atoms with Crippen LogP contribution in [0.5, 0.6) is 0 Å². The van der Waals surface area contributed by atoms with E-state index in [1.165, 1.54) is 41.2 Å². The minimum Gasteiger partial charge on any atom is -0.392 e. The van der Waals surface area contributed by atoms with E-state index in [9.17, 15) is 19.5 Å². The summed E-state index contributed by atoms with van der Waals surface area (Å²) in [5, 5.41) is 17.0. The molecule has 292 valence electrons. The van der Waals surface area contributed by atoms with E-state index < -0.39 is 0 Å². The van der Waals surface area contributed by atoms with Gasteiger partial charge < -0.3 is 34.5 Å². The monoisotopic (exact) mass is 759 g/mol. The van der Waals surface area contributed by atoms with Gasteiger partial charge in [-0.2, -0.15) is 0 Å². The first-order valence-corrected chi connectivity index (χ1v) is 19.8. The normalized spacial score (nSPS) is 20.6. The Kier molecular flexibility index (Phi) is 9.29. The molecular weight excluding hydrogens is 711 g/mol. The van der Waals surface area contributed by atoms with E-state index in [0.717, 1.165) is 57.8 Å².